The predicted molar refractivity (Wildman–Crippen MR) is 127 cm³/mol. The van der Waals surface area contributed by atoms with Gasteiger partial charge in [-0.3, -0.25) is 4.79 Å². The minimum Gasteiger partial charge on any atom is -0.465 e. The van der Waals surface area contributed by atoms with Gasteiger partial charge in [-0.05, 0) is 60.9 Å². The summed E-state index contributed by atoms with van der Waals surface area (Å²) in [5.41, 5.74) is 4.18. The Balaban J connectivity index is 1.49. The Bertz CT molecular complexity index is 1180. The molecule has 1 saturated heterocycles. The van der Waals surface area contributed by atoms with Gasteiger partial charge in [0, 0.05) is 17.3 Å². The lowest BCUT2D eigenvalue weighted by Gasteiger charge is -2.12. The number of amides is 1. The molecule has 6 nitrogen and oxygen atoms in total. The van der Waals surface area contributed by atoms with Gasteiger partial charge in [0.1, 0.15) is 11.5 Å². The van der Waals surface area contributed by atoms with Gasteiger partial charge in [-0.25, -0.2) is 4.79 Å². The maximum absolute atomic E-state index is 12.4. The zero-order valence-electron chi connectivity index (χ0n) is 18.1. The highest BCUT2D eigenvalue weighted by molar-refractivity contribution is 8.05. The van der Waals surface area contributed by atoms with Crippen molar-refractivity contribution in [3.63, 3.8) is 0 Å². The van der Waals surface area contributed by atoms with Crippen LogP contribution in [0.4, 0.5) is 5.69 Å². The third kappa shape index (κ3) is 4.73. The van der Waals surface area contributed by atoms with Crippen LogP contribution < -0.4 is 10.6 Å². The summed E-state index contributed by atoms with van der Waals surface area (Å²) in [4.78, 5) is 24.9. The Labute approximate surface area is 191 Å². The molecule has 2 N–H and O–H groups in total. The number of hydrogen-bond donors (Lipinski definition) is 2. The molecule has 0 aliphatic carbocycles. The molecule has 2 heterocycles. The van der Waals surface area contributed by atoms with Crippen LogP contribution in [0.5, 0.6) is 0 Å². The number of rotatable bonds is 6. The molecule has 1 aliphatic heterocycles. The smallest absolute Gasteiger partial charge is 0.337 e. The molecule has 3 aromatic rings. The van der Waals surface area contributed by atoms with Crippen LogP contribution in [-0.4, -0.2) is 24.5 Å². The molecule has 1 fully saturated rings. The van der Waals surface area contributed by atoms with E-state index in [0.29, 0.717) is 22.0 Å². The molecule has 2 aromatic carbocycles. The fourth-order valence-corrected chi connectivity index (χ4v) is 4.36. The van der Waals surface area contributed by atoms with Crippen molar-refractivity contribution in [1.82, 2.24) is 5.32 Å². The number of benzene rings is 2. The van der Waals surface area contributed by atoms with Crippen molar-refractivity contribution in [2.24, 2.45) is 0 Å². The third-order valence-electron chi connectivity index (χ3n) is 5.22. The summed E-state index contributed by atoms with van der Waals surface area (Å²) in [6, 6.07) is 17.1. The first-order valence-electron chi connectivity index (χ1n) is 10.3. The highest BCUT2D eigenvalue weighted by Gasteiger charge is 2.27. The van der Waals surface area contributed by atoms with Gasteiger partial charge in [0.25, 0.3) is 5.91 Å². The van der Waals surface area contributed by atoms with Crippen LogP contribution in [-0.2, 0) is 16.0 Å². The van der Waals surface area contributed by atoms with E-state index in [-0.39, 0.29) is 11.4 Å². The molecule has 1 amide bonds. The number of furan rings is 1. The fraction of sp³-hybridized carbons (Fsp3) is 0.200. The molecule has 164 valence electrons. The molecule has 4 rings (SSSR count). The molecule has 0 bridgehead atoms. The molecular formula is C25H24N2O4S. The summed E-state index contributed by atoms with van der Waals surface area (Å²) in [5, 5.41) is 6.24. The van der Waals surface area contributed by atoms with Crippen LogP contribution in [0.2, 0.25) is 0 Å². The van der Waals surface area contributed by atoms with Crippen LogP contribution in [0.25, 0.3) is 17.4 Å². The zero-order valence-corrected chi connectivity index (χ0v) is 18.9. The number of hydrogen-bond acceptors (Lipinski definition) is 6. The quantitative estimate of drug-likeness (QED) is 0.398. The van der Waals surface area contributed by atoms with Crippen LogP contribution in [0, 0.1) is 6.92 Å². The summed E-state index contributed by atoms with van der Waals surface area (Å²) in [5.74, 6) is 0.629. The van der Waals surface area contributed by atoms with Crippen molar-refractivity contribution >= 4 is 35.4 Å². The summed E-state index contributed by atoms with van der Waals surface area (Å²) >= 11 is 1.40. The summed E-state index contributed by atoms with van der Waals surface area (Å²) in [6.07, 6.45) is 2.71. The second kappa shape index (κ2) is 9.36. The van der Waals surface area contributed by atoms with Crippen molar-refractivity contribution in [3.05, 3.63) is 82.0 Å². The second-order valence-corrected chi connectivity index (χ2v) is 8.54. The Morgan fingerprint density at radius 1 is 1.19 bits per heavy atom. The first-order chi connectivity index (χ1) is 15.5. The Kier molecular flexibility index (Phi) is 6.37. The van der Waals surface area contributed by atoms with Gasteiger partial charge < -0.3 is 19.8 Å². The molecule has 0 unspecified atom stereocenters. The molecule has 0 spiro atoms. The number of carbonyl (C=O) groups excluding carboxylic acids is 2. The fourth-order valence-electron chi connectivity index (χ4n) is 3.39. The van der Waals surface area contributed by atoms with Crippen LogP contribution >= 0.6 is 11.8 Å². The van der Waals surface area contributed by atoms with Crippen LogP contribution in [0.1, 0.15) is 34.2 Å². The number of aryl methyl sites for hydroxylation is 2. The van der Waals surface area contributed by atoms with E-state index in [2.05, 4.69) is 29.7 Å². The Morgan fingerprint density at radius 3 is 2.69 bits per heavy atom. The van der Waals surface area contributed by atoms with Crippen molar-refractivity contribution in [1.29, 1.82) is 0 Å². The lowest BCUT2D eigenvalue weighted by molar-refractivity contribution is -0.116. The summed E-state index contributed by atoms with van der Waals surface area (Å²) < 4.78 is 10.8. The molecule has 1 atom stereocenters. The van der Waals surface area contributed by atoms with Crippen LogP contribution in [0.3, 0.4) is 0 Å². The van der Waals surface area contributed by atoms with Gasteiger partial charge in [0.15, 0.2) is 5.50 Å². The number of methoxy groups -OCH3 is 1. The van der Waals surface area contributed by atoms with Gasteiger partial charge in [-0.1, -0.05) is 36.9 Å². The number of carbonyl (C=O) groups is 2. The molecule has 1 aromatic heterocycles. The normalized spacial score (nSPS) is 16.8. The molecule has 0 radical (unpaired) electrons. The number of esters is 1. The first kappa shape index (κ1) is 21.8. The van der Waals surface area contributed by atoms with E-state index in [0.717, 1.165) is 23.2 Å². The number of ether oxygens (including phenoxy) is 1. The maximum Gasteiger partial charge on any atom is 0.337 e. The second-order valence-electron chi connectivity index (χ2n) is 7.40. The number of thioether (sulfide) groups is 1. The monoisotopic (exact) mass is 448 g/mol. The standard InChI is InChI=1S/C25H24N2O4S/c1-4-16-6-9-18(10-7-16)26-25-27-23(28)22(32-25)14-19-11-12-21(31-19)20-13-17(24(29)30-3)8-5-15(20)2/h5-14,25-26H,4H2,1-3H3,(H,27,28)/b22-14-/t25-/m1/s1. The number of anilines is 1. The van der Waals surface area contributed by atoms with Gasteiger partial charge in [0.2, 0.25) is 0 Å². The van der Waals surface area contributed by atoms with Gasteiger partial charge in [-0.15, -0.1) is 0 Å². The highest BCUT2D eigenvalue weighted by Crippen LogP contribution is 2.32. The lowest BCUT2D eigenvalue weighted by atomic mass is 10.0. The Hall–Kier alpha value is -3.45. The van der Waals surface area contributed by atoms with Crippen molar-refractivity contribution in [2.75, 3.05) is 12.4 Å². The Morgan fingerprint density at radius 2 is 1.97 bits per heavy atom. The molecule has 1 aliphatic rings. The van der Waals surface area contributed by atoms with Gasteiger partial charge in [0.05, 0.1) is 17.6 Å². The minimum atomic E-state index is -0.401. The largest absolute Gasteiger partial charge is 0.465 e. The van der Waals surface area contributed by atoms with Crippen LogP contribution in [0.15, 0.2) is 63.9 Å². The summed E-state index contributed by atoms with van der Waals surface area (Å²) in [7, 11) is 1.35. The summed E-state index contributed by atoms with van der Waals surface area (Å²) in [6.45, 7) is 4.06. The van der Waals surface area contributed by atoms with Gasteiger partial charge >= 0.3 is 5.97 Å². The van der Waals surface area contributed by atoms with E-state index in [1.165, 1.54) is 24.4 Å². The SMILES string of the molecule is CCc1ccc(N[C@@H]2NC(=O)/C(=C/c3ccc(-c4cc(C(=O)OC)ccc4C)o3)S2)cc1. The lowest BCUT2D eigenvalue weighted by Crippen LogP contribution is -2.30. The molecule has 7 heteroatoms. The van der Waals surface area contributed by atoms with E-state index in [9.17, 15) is 9.59 Å². The van der Waals surface area contributed by atoms with Gasteiger partial charge in [-0.2, -0.15) is 0 Å². The average molecular weight is 449 g/mol. The molecular weight excluding hydrogens is 424 g/mol. The highest BCUT2D eigenvalue weighted by atomic mass is 32.2. The van der Waals surface area contributed by atoms with Crippen molar-refractivity contribution < 1.29 is 18.7 Å². The topological polar surface area (TPSA) is 80.6 Å². The number of nitrogens with one attached hydrogen (secondary N) is 2. The first-order valence-corrected chi connectivity index (χ1v) is 11.2. The predicted octanol–water partition coefficient (Wildman–Crippen LogP) is 5.20. The van der Waals surface area contributed by atoms with E-state index < -0.39 is 5.97 Å². The van der Waals surface area contributed by atoms with E-state index in [4.69, 9.17) is 9.15 Å². The molecule has 32 heavy (non-hydrogen) atoms. The van der Waals surface area contributed by atoms with E-state index in [1.54, 1.807) is 18.2 Å². The minimum absolute atomic E-state index is 0.153. The molecule has 0 saturated carbocycles. The van der Waals surface area contributed by atoms with Crippen molar-refractivity contribution in [3.8, 4) is 11.3 Å². The maximum atomic E-state index is 12.4. The van der Waals surface area contributed by atoms with Crippen molar-refractivity contribution in [2.45, 2.75) is 25.8 Å². The average Bonchev–Trinajstić information content (AvgIpc) is 3.40. The zero-order chi connectivity index (χ0) is 22.7. The third-order valence-corrected chi connectivity index (χ3v) is 6.24. The van der Waals surface area contributed by atoms with E-state index >= 15 is 0 Å². The van der Waals surface area contributed by atoms with E-state index in [1.807, 2.05) is 37.3 Å².